The molecule has 0 unspecified atom stereocenters. The molecule has 0 saturated carbocycles. The van der Waals surface area contributed by atoms with E-state index in [2.05, 4.69) is 5.32 Å². The maximum absolute atomic E-state index is 13.2. The molecule has 1 N–H and O–H groups in total. The number of carbonyl (C=O) groups excluding carboxylic acids is 1. The third kappa shape index (κ3) is 4.15. The number of nitrogens with one attached hydrogen (secondary N) is 1. The highest BCUT2D eigenvalue weighted by Crippen LogP contribution is 2.34. The highest BCUT2D eigenvalue weighted by atomic mass is 35.5. The Labute approximate surface area is 189 Å². The number of methoxy groups -OCH3 is 2. The molecule has 0 spiro atoms. The van der Waals surface area contributed by atoms with Crippen LogP contribution in [0.1, 0.15) is 10.4 Å². The standard InChI is InChI=1S/C24H18Cl2N2O3/c1-30-21-11-10-14(12-22(21)31-2)20-13-16(15-6-3-4-9-19(15)27-20)24(29)28-23-17(25)7-5-8-18(23)26/h3-13H,1-2H3,(H,28,29). The zero-order valence-electron chi connectivity index (χ0n) is 16.8. The van der Waals surface area contributed by atoms with Crippen LogP contribution in [0.4, 0.5) is 5.69 Å². The van der Waals surface area contributed by atoms with Crippen molar-refractivity contribution >= 4 is 45.7 Å². The summed E-state index contributed by atoms with van der Waals surface area (Å²) in [6, 6.07) is 19.7. The molecule has 0 aliphatic carbocycles. The average molecular weight is 453 g/mol. The molecule has 0 aliphatic rings. The number of hydrogen-bond donors (Lipinski definition) is 1. The minimum atomic E-state index is -0.338. The van der Waals surface area contributed by atoms with Crippen LogP contribution in [0.3, 0.4) is 0 Å². The minimum absolute atomic E-state index is 0.338. The number of halogens is 2. The molecule has 1 amide bonds. The number of benzene rings is 3. The van der Waals surface area contributed by atoms with Crippen LogP contribution < -0.4 is 14.8 Å². The summed E-state index contributed by atoms with van der Waals surface area (Å²) in [7, 11) is 3.15. The number of fused-ring (bicyclic) bond motifs is 1. The fraction of sp³-hybridized carbons (Fsp3) is 0.0833. The Bertz CT molecular complexity index is 1270. The summed E-state index contributed by atoms with van der Waals surface area (Å²) in [6.07, 6.45) is 0. The maximum atomic E-state index is 13.2. The smallest absolute Gasteiger partial charge is 0.256 e. The normalized spacial score (nSPS) is 10.7. The number of nitrogens with zero attached hydrogens (tertiary/aromatic N) is 1. The van der Waals surface area contributed by atoms with Gasteiger partial charge in [0.1, 0.15) is 0 Å². The largest absolute Gasteiger partial charge is 0.493 e. The van der Waals surface area contributed by atoms with Crippen molar-refractivity contribution in [2.24, 2.45) is 0 Å². The molecule has 31 heavy (non-hydrogen) atoms. The SMILES string of the molecule is COc1ccc(-c2cc(C(=O)Nc3c(Cl)cccc3Cl)c3ccccc3n2)cc1OC. The van der Waals surface area contributed by atoms with Crippen molar-refractivity contribution in [1.29, 1.82) is 0 Å². The summed E-state index contributed by atoms with van der Waals surface area (Å²) in [5.74, 6) is 0.845. The van der Waals surface area contributed by atoms with E-state index in [0.29, 0.717) is 49.4 Å². The van der Waals surface area contributed by atoms with E-state index < -0.39 is 0 Å². The quantitative estimate of drug-likeness (QED) is 0.376. The Hall–Kier alpha value is -3.28. The lowest BCUT2D eigenvalue weighted by atomic mass is 10.0. The molecule has 4 rings (SSSR count). The van der Waals surface area contributed by atoms with Crippen molar-refractivity contribution < 1.29 is 14.3 Å². The van der Waals surface area contributed by atoms with Crippen LogP contribution >= 0.6 is 23.2 Å². The second kappa shape index (κ2) is 8.84. The van der Waals surface area contributed by atoms with E-state index in [-0.39, 0.29) is 5.91 Å². The van der Waals surface area contributed by atoms with Gasteiger partial charge in [0.25, 0.3) is 5.91 Å². The summed E-state index contributed by atoms with van der Waals surface area (Å²) in [4.78, 5) is 18.0. The topological polar surface area (TPSA) is 60.5 Å². The third-order valence-electron chi connectivity index (χ3n) is 4.84. The molecule has 7 heteroatoms. The molecular formula is C24H18Cl2N2O3. The van der Waals surface area contributed by atoms with Gasteiger partial charge in [0.05, 0.1) is 46.7 Å². The van der Waals surface area contributed by atoms with Crippen molar-refractivity contribution in [3.8, 4) is 22.8 Å². The third-order valence-corrected chi connectivity index (χ3v) is 5.47. The van der Waals surface area contributed by atoms with Crippen LogP contribution in [0.15, 0.2) is 66.7 Å². The zero-order chi connectivity index (χ0) is 22.0. The Morgan fingerprint density at radius 1 is 0.871 bits per heavy atom. The van der Waals surface area contributed by atoms with E-state index in [1.807, 2.05) is 36.4 Å². The van der Waals surface area contributed by atoms with Crippen LogP contribution in [-0.4, -0.2) is 25.1 Å². The van der Waals surface area contributed by atoms with E-state index in [1.54, 1.807) is 44.6 Å². The molecule has 0 saturated heterocycles. The van der Waals surface area contributed by atoms with Gasteiger partial charge in [-0.3, -0.25) is 4.79 Å². The molecule has 0 bridgehead atoms. The van der Waals surface area contributed by atoms with Crippen molar-refractivity contribution in [2.75, 3.05) is 19.5 Å². The predicted octanol–water partition coefficient (Wildman–Crippen LogP) is 6.48. The van der Waals surface area contributed by atoms with E-state index >= 15 is 0 Å². The lowest BCUT2D eigenvalue weighted by Gasteiger charge is -2.13. The van der Waals surface area contributed by atoms with Gasteiger partial charge in [-0.05, 0) is 42.5 Å². The number of pyridine rings is 1. The van der Waals surface area contributed by atoms with Crippen molar-refractivity contribution in [3.05, 3.63) is 82.3 Å². The Balaban J connectivity index is 1.83. The van der Waals surface area contributed by atoms with Gasteiger partial charge < -0.3 is 14.8 Å². The first-order chi connectivity index (χ1) is 15.0. The van der Waals surface area contributed by atoms with E-state index in [1.165, 1.54) is 0 Å². The lowest BCUT2D eigenvalue weighted by molar-refractivity contribution is 0.102. The first-order valence-electron chi connectivity index (χ1n) is 9.39. The van der Waals surface area contributed by atoms with Gasteiger partial charge in [0.15, 0.2) is 11.5 Å². The van der Waals surface area contributed by atoms with Crippen molar-refractivity contribution in [2.45, 2.75) is 0 Å². The molecule has 156 valence electrons. The number of anilines is 1. The molecule has 0 fully saturated rings. The van der Waals surface area contributed by atoms with Gasteiger partial charge in [-0.25, -0.2) is 4.98 Å². The molecule has 5 nitrogen and oxygen atoms in total. The number of ether oxygens (including phenoxy) is 2. The highest BCUT2D eigenvalue weighted by Gasteiger charge is 2.17. The second-order valence-corrected chi connectivity index (χ2v) is 7.51. The summed E-state index contributed by atoms with van der Waals surface area (Å²) < 4.78 is 10.7. The molecule has 1 aromatic heterocycles. The maximum Gasteiger partial charge on any atom is 0.256 e. The monoisotopic (exact) mass is 452 g/mol. The van der Waals surface area contributed by atoms with Gasteiger partial charge in [-0.1, -0.05) is 47.5 Å². The van der Waals surface area contributed by atoms with E-state index in [9.17, 15) is 4.79 Å². The summed E-state index contributed by atoms with van der Waals surface area (Å²) >= 11 is 12.5. The van der Waals surface area contributed by atoms with Crippen LogP contribution in [0.5, 0.6) is 11.5 Å². The molecule has 0 radical (unpaired) electrons. The van der Waals surface area contributed by atoms with Gasteiger partial charge in [-0.15, -0.1) is 0 Å². The molecule has 4 aromatic rings. The number of amides is 1. The van der Waals surface area contributed by atoms with Crippen LogP contribution in [0, 0.1) is 0 Å². The van der Waals surface area contributed by atoms with E-state index in [0.717, 1.165) is 5.56 Å². The Kier molecular flexibility index (Phi) is 5.98. The van der Waals surface area contributed by atoms with Crippen LogP contribution in [0.25, 0.3) is 22.2 Å². The first-order valence-corrected chi connectivity index (χ1v) is 10.1. The van der Waals surface area contributed by atoms with Gasteiger partial charge in [0, 0.05) is 10.9 Å². The second-order valence-electron chi connectivity index (χ2n) is 6.69. The van der Waals surface area contributed by atoms with Crippen LogP contribution in [-0.2, 0) is 0 Å². The van der Waals surface area contributed by atoms with Crippen molar-refractivity contribution in [1.82, 2.24) is 4.98 Å². The molecule has 0 aliphatic heterocycles. The zero-order valence-corrected chi connectivity index (χ0v) is 18.3. The Morgan fingerprint density at radius 2 is 1.58 bits per heavy atom. The predicted molar refractivity (Wildman–Crippen MR) is 125 cm³/mol. The number of aromatic nitrogens is 1. The molecule has 1 heterocycles. The molecule has 3 aromatic carbocycles. The van der Waals surface area contributed by atoms with E-state index in [4.69, 9.17) is 37.7 Å². The van der Waals surface area contributed by atoms with Gasteiger partial charge in [-0.2, -0.15) is 0 Å². The minimum Gasteiger partial charge on any atom is -0.493 e. The summed E-state index contributed by atoms with van der Waals surface area (Å²) in [6.45, 7) is 0. The number of hydrogen-bond acceptors (Lipinski definition) is 4. The van der Waals surface area contributed by atoms with Crippen molar-refractivity contribution in [3.63, 3.8) is 0 Å². The molecule has 0 atom stereocenters. The number of carbonyl (C=O) groups is 1. The van der Waals surface area contributed by atoms with Gasteiger partial charge >= 0.3 is 0 Å². The summed E-state index contributed by atoms with van der Waals surface area (Å²) in [5, 5.41) is 4.27. The number of para-hydroxylation sites is 2. The first kappa shape index (κ1) is 21.0. The lowest BCUT2D eigenvalue weighted by Crippen LogP contribution is -2.14. The average Bonchev–Trinajstić information content (AvgIpc) is 2.80. The summed E-state index contributed by atoms with van der Waals surface area (Å²) in [5.41, 5.74) is 2.91. The highest BCUT2D eigenvalue weighted by molar-refractivity contribution is 6.40. The molecular weight excluding hydrogens is 435 g/mol. The Morgan fingerprint density at radius 3 is 2.29 bits per heavy atom. The van der Waals surface area contributed by atoms with Crippen LogP contribution in [0.2, 0.25) is 10.0 Å². The fourth-order valence-electron chi connectivity index (χ4n) is 3.30. The fourth-order valence-corrected chi connectivity index (χ4v) is 3.80. The van der Waals surface area contributed by atoms with Gasteiger partial charge in [0.2, 0.25) is 0 Å². The number of rotatable bonds is 5.